The summed E-state index contributed by atoms with van der Waals surface area (Å²) in [6.07, 6.45) is 5.77. The molecule has 1 spiro atoms. The molecule has 2 aliphatic heterocycles. The molecule has 2 saturated heterocycles. The molecule has 0 aliphatic carbocycles. The van der Waals surface area contributed by atoms with Crippen LogP contribution in [0.15, 0.2) is 41.4 Å². The zero-order valence-corrected chi connectivity index (χ0v) is 19.7. The molecule has 32 heavy (non-hydrogen) atoms. The van der Waals surface area contributed by atoms with Crippen molar-refractivity contribution in [3.8, 4) is 11.6 Å². The number of benzene rings is 1. The highest BCUT2D eigenvalue weighted by molar-refractivity contribution is 7.97. The van der Waals surface area contributed by atoms with Crippen LogP contribution in [0.25, 0.3) is 0 Å². The van der Waals surface area contributed by atoms with Crippen molar-refractivity contribution in [3.63, 3.8) is 0 Å². The summed E-state index contributed by atoms with van der Waals surface area (Å²) in [6.45, 7) is 4.21. The van der Waals surface area contributed by atoms with E-state index >= 15 is 0 Å². The molecule has 1 atom stereocenters. The van der Waals surface area contributed by atoms with E-state index in [0.717, 1.165) is 68.5 Å². The van der Waals surface area contributed by atoms with Crippen molar-refractivity contribution in [3.05, 3.63) is 36.5 Å². The molecule has 1 aromatic carbocycles. The topological polar surface area (TPSA) is 80.8 Å². The molecule has 2 aliphatic rings. The lowest BCUT2D eigenvalue weighted by atomic mass is 9.87. The van der Waals surface area contributed by atoms with Crippen molar-refractivity contribution < 1.29 is 14.2 Å². The molecular weight excluding hydrogens is 426 g/mol. The van der Waals surface area contributed by atoms with E-state index in [9.17, 15) is 0 Å². The minimum absolute atomic E-state index is 0.0189. The van der Waals surface area contributed by atoms with Gasteiger partial charge in [0.05, 0.1) is 25.9 Å². The van der Waals surface area contributed by atoms with Gasteiger partial charge in [-0.2, -0.15) is 4.98 Å². The van der Waals surface area contributed by atoms with Gasteiger partial charge in [0.2, 0.25) is 11.8 Å². The van der Waals surface area contributed by atoms with E-state index in [4.69, 9.17) is 14.2 Å². The molecule has 2 aromatic rings. The Morgan fingerprint density at radius 2 is 2.16 bits per heavy atom. The van der Waals surface area contributed by atoms with Gasteiger partial charge in [0.15, 0.2) is 0 Å². The predicted octanol–water partition coefficient (Wildman–Crippen LogP) is 2.90. The number of rotatable bonds is 10. The van der Waals surface area contributed by atoms with Gasteiger partial charge < -0.3 is 24.4 Å². The van der Waals surface area contributed by atoms with E-state index in [1.54, 1.807) is 31.3 Å². The third-order valence-corrected chi connectivity index (χ3v) is 6.74. The summed E-state index contributed by atoms with van der Waals surface area (Å²) < 4.78 is 20.5. The van der Waals surface area contributed by atoms with Gasteiger partial charge >= 0.3 is 0 Å². The molecule has 174 valence electrons. The molecule has 9 heteroatoms. The summed E-state index contributed by atoms with van der Waals surface area (Å²) in [5.41, 5.74) is -0.0189. The average molecular weight is 460 g/mol. The molecule has 8 nitrogen and oxygen atoms in total. The second kappa shape index (κ2) is 11.2. The average Bonchev–Trinajstić information content (AvgIpc) is 3.22. The molecule has 2 fully saturated rings. The Morgan fingerprint density at radius 1 is 1.28 bits per heavy atom. The van der Waals surface area contributed by atoms with Crippen LogP contribution in [0.3, 0.4) is 0 Å². The van der Waals surface area contributed by atoms with Crippen LogP contribution in [0.2, 0.25) is 0 Å². The van der Waals surface area contributed by atoms with Gasteiger partial charge in [0.25, 0.3) is 0 Å². The van der Waals surface area contributed by atoms with Crippen LogP contribution < -0.4 is 24.4 Å². The first-order valence-electron chi connectivity index (χ1n) is 11.3. The molecular formula is C23H33N5O3S. The second-order valence-corrected chi connectivity index (χ2v) is 9.30. The highest BCUT2D eigenvalue weighted by Gasteiger charge is 2.42. The van der Waals surface area contributed by atoms with Crippen LogP contribution in [-0.4, -0.2) is 68.6 Å². The van der Waals surface area contributed by atoms with Crippen molar-refractivity contribution in [2.45, 2.75) is 42.2 Å². The number of aromatic nitrogens is 2. The molecule has 0 bridgehead atoms. The number of piperidine rings is 1. The number of nitrogens with one attached hydrogen (secondary N) is 2. The minimum atomic E-state index is -0.0189. The second-order valence-electron chi connectivity index (χ2n) is 8.22. The van der Waals surface area contributed by atoms with Gasteiger partial charge in [0.1, 0.15) is 5.75 Å². The summed E-state index contributed by atoms with van der Waals surface area (Å²) >= 11 is 1.59. The third kappa shape index (κ3) is 6.04. The van der Waals surface area contributed by atoms with Crippen LogP contribution >= 0.6 is 11.9 Å². The summed E-state index contributed by atoms with van der Waals surface area (Å²) in [5.74, 6) is 2.26. The van der Waals surface area contributed by atoms with Crippen molar-refractivity contribution in [2.24, 2.45) is 0 Å². The Balaban J connectivity index is 1.15. The van der Waals surface area contributed by atoms with Gasteiger partial charge in [-0.05, 0) is 69.4 Å². The van der Waals surface area contributed by atoms with Crippen molar-refractivity contribution in [1.82, 2.24) is 20.0 Å². The molecule has 1 unspecified atom stereocenters. The molecule has 0 radical (unpaired) electrons. The predicted molar refractivity (Wildman–Crippen MR) is 127 cm³/mol. The van der Waals surface area contributed by atoms with Crippen LogP contribution in [0, 0.1) is 0 Å². The number of ether oxygens (including phenoxy) is 3. The van der Waals surface area contributed by atoms with E-state index in [0.29, 0.717) is 18.5 Å². The number of hydrogen-bond acceptors (Lipinski definition) is 9. The summed E-state index contributed by atoms with van der Waals surface area (Å²) in [7, 11) is 3.55. The number of nitrogens with zero attached hydrogens (tertiary/aromatic N) is 3. The maximum absolute atomic E-state index is 6.29. The summed E-state index contributed by atoms with van der Waals surface area (Å²) in [5, 5.41) is 3.66. The first-order chi connectivity index (χ1) is 15.7. The monoisotopic (exact) mass is 459 g/mol. The van der Waals surface area contributed by atoms with Crippen molar-refractivity contribution in [2.75, 3.05) is 51.9 Å². The van der Waals surface area contributed by atoms with Crippen molar-refractivity contribution in [1.29, 1.82) is 0 Å². The normalized spacial score (nSPS) is 19.9. The minimum Gasteiger partial charge on any atom is -0.494 e. The zero-order chi connectivity index (χ0) is 22.2. The van der Waals surface area contributed by atoms with E-state index < -0.39 is 0 Å². The molecule has 0 amide bonds. The van der Waals surface area contributed by atoms with E-state index in [-0.39, 0.29) is 5.60 Å². The fourth-order valence-corrected chi connectivity index (χ4v) is 4.91. The molecule has 0 saturated carbocycles. The lowest BCUT2D eigenvalue weighted by Gasteiger charge is -2.38. The zero-order valence-electron chi connectivity index (χ0n) is 18.9. The smallest absolute Gasteiger partial charge is 0.228 e. The molecule has 2 N–H and O–H groups in total. The van der Waals surface area contributed by atoms with E-state index in [1.807, 2.05) is 19.2 Å². The lowest BCUT2D eigenvalue weighted by molar-refractivity contribution is -0.0151. The Kier molecular flexibility index (Phi) is 8.07. The first-order valence-corrected chi connectivity index (χ1v) is 12.1. The fraction of sp³-hybridized carbons (Fsp3) is 0.565. The van der Waals surface area contributed by atoms with E-state index in [1.165, 1.54) is 0 Å². The van der Waals surface area contributed by atoms with Crippen LogP contribution in [0.5, 0.6) is 11.6 Å². The number of anilines is 1. The maximum Gasteiger partial charge on any atom is 0.228 e. The standard InChI is InChI=1S/C23H33N5O3S/c1-24-32-20-6-3-5-19(15-20)30-14-4-10-25-18-16-23(31-17-18)8-12-28(13-9-23)22-26-11-7-21(27-22)29-2/h3,5-7,11,15,18,24-25H,4,8-10,12-14,16-17H2,1-2H3. The lowest BCUT2D eigenvalue weighted by Crippen LogP contribution is -2.45. The van der Waals surface area contributed by atoms with Gasteiger partial charge in [-0.15, -0.1) is 0 Å². The first kappa shape index (κ1) is 23.1. The SMILES string of the molecule is CNSc1cccc(OCCCNC2COC3(CCN(c4nccc(OC)n4)CC3)C2)c1. The highest BCUT2D eigenvalue weighted by atomic mass is 32.2. The Hall–Kier alpha value is -2.07. The van der Waals surface area contributed by atoms with Crippen LogP contribution in [0.4, 0.5) is 5.95 Å². The van der Waals surface area contributed by atoms with Gasteiger partial charge in [0, 0.05) is 36.3 Å². The summed E-state index contributed by atoms with van der Waals surface area (Å²) in [6, 6.07) is 10.3. The Labute approximate surface area is 194 Å². The largest absolute Gasteiger partial charge is 0.494 e. The Morgan fingerprint density at radius 3 is 2.97 bits per heavy atom. The maximum atomic E-state index is 6.29. The van der Waals surface area contributed by atoms with Gasteiger partial charge in [-0.25, -0.2) is 4.98 Å². The van der Waals surface area contributed by atoms with Gasteiger partial charge in [-0.3, -0.25) is 4.72 Å². The van der Waals surface area contributed by atoms with Crippen LogP contribution in [0.1, 0.15) is 25.7 Å². The number of hydrogen-bond donors (Lipinski definition) is 2. The molecule has 3 heterocycles. The highest BCUT2D eigenvalue weighted by Crippen LogP contribution is 2.36. The fourth-order valence-electron chi connectivity index (χ4n) is 4.35. The molecule has 4 rings (SSSR count). The van der Waals surface area contributed by atoms with Crippen LogP contribution in [-0.2, 0) is 4.74 Å². The summed E-state index contributed by atoms with van der Waals surface area (Å²) in [4.78, 5) is 12.2. The van der Waals surface area contributed by atoms with E-state index in [2.05, 4.69) is 37.0 Å². The number of methoxy groups -OCH3 is 1. The Bertz CT molecular complexity index is 863. The molecule has 1 aromatic heterocycles. The van der Waals surface area contributed by atoms with Gasteiger partial charge in [-0.1, -0.05) is 6.07 Å². The quantitative estimate of drug-likeness (QED) is 0.412. The third-order valence-electron chi connectivity index (χ3n) is 6.04. The van der Waals surface area contributed by atoms with Crippen molar-refractivity contribution >= 4 is 17.9 Å².